The van der Waals surface area contributed by atoms with Crippen molar-refractivity contribution in [1.82, 2.24) is 0 Å². The van der Waals surface area contributed by atoms with Gasteiger partial charge in [0, 0.05) is 6.61 Å². The smallest absolute Gasteiger partial charge is 0.0584 e. The van der Waals surface area contributed by atoms with E-state index in [9.17, 15) is 0 Å². The fraction of sp³-hybridized carbons (Fsp3) is 1.00. The molecule has 9 heavy (non-hydrogen) atoms. The number of hydrogen-bond donors (Lipinski definition) is 1. The van der Waals surface area contributed by atoms with Crippen LogP contribution in [-0.2, 0) is 4.74 Å². The van der Waals surface area contributed by atoms with Crippen LogP contribution in [0.5, 0.6) is 0 Å². The Hall–Kier alpha value is -0.0800. The van der Waals surface area contributed by atoms with Crippen LogP contribution in [-0.4, -0.2) is 19.3 Å². The molecule has 0 aliphatic rings. The van der Waals surface area contributed by atoms with Gasteiger partial charge in [-0.25, -0.2) is 0 Å². The summed E-state index contributed by atoms with van der Waals surface area (Å²) in [5.41, 5.74) is 5.42. The van der Waals surface area contributed by atoms with E-state index in [4.69, 9.17) is 10.5 Å². The predicted molar refractivity (Wildman–Crippen MR) is 39.3 cm³/mol. The van der Waals surface area contributed by atoms with Gasteiger partial charge >= 0.3 is 0 Å². The maximum absolute atomic E-state index is 5.42. The Bertz CT molecular complexity index is 65.9. The molecule has 56 valence electrons. The highest BCUT2D eigenvalue weighted by atomic mass is 16.5. The van der Waals surface area contributed by atoms with Crippen molar-refractivity contribution in [2.75, 3.05) is 13.2 Å². The van der Waals surface area contributed by atoms with Crippen molar-refractivity contribution in [3.63, 3.8) is 0 Å². The highest BCUT2D eigenvalue weighted by Gasteiger charge is 2.08. The summed E-state index contributed by atoms with van der Waals surface area (Å²) >= 11 is 0. The Balaban J connectivity index is 3.32. The molecule has 2 atom stereocenters. The molecule has 0 aromatic rings. The van der Waals surface area contributed by atoms with Crippen LogP contribution in [0.1, 0.15) is 20.8 Å². The molecule has 2 nitrogen and oxygen atoms in total. The molecule has 0 saturated carbocycles. The van der Waals surface area contributed by atoms with Crippen LogP contribution in [0.2, 0.25) is 0 Å². The normalized spacial score (nSPS) is 17.3. The van der Waals surface area contributed by atoms with Gasteiger partial charge in [-0.3, -0.25) is 0 Å². The maximum Gasteiger partial charge on any atom is 0.0584 e. The van der Waals surface area contributed by atoms with Crippen molar-refractivity contribution < 1.29 is 4.74 Å². The van der Waals surface area contributed by atoms with Gasteiger partial charge in [0.15, 0.2) is 0 Å². The zero-order valence-electron chi connectivity index (χ0n) is 6.55. The van der Waals surface area contributed by atoms with Gasteiger partial charge in [-0.2, -0.15) is 0 Å². The molecule has 0 fully saturated rings. The molecule has 0 radical (unpaired) electrons. The summed E-state index contributed by atoms with van der Waals surface area (Å²) in [4.78, 5) is 0. The molecule has 2 heteroatoms. The first-order valence-electron chi connectivity index (χ1n) is 3.54. The highest BCUT2D eigenvalue weighted by molar-refractivity contribution is 4.60. The number of ether oxygens (including phenoxy) is 1. The monoisotopic (exact) mass is 131 g/mol. The molecular weight excluding hydrogens is 114 g/mol. The number of hydrogen-bond acceptors (Lipinski definition) is 2. The molecule has 0 aliphatic heterocycles. The number of rotatable bonds is 4. The molecule has 0 aliphatic carbocycles. The van der Waals surface area contributed by atoms with Crippen molar-refractivity contribution in [2.45, 2.75) is 26.9 Å². The van der Waals surface area contributed by atoms with Crippen LogP contribution in [0.25, 0.3) is 0 Å². The van der Waals surface area contributed by atoms with E-state index >= 15 is 0 Å². The lowest BCUT2D eigenvalue weighted by atomic mass is 10.1. The standard InChI is InChI=1S/C7H17NO/c1-4-9-7(3)6(2)5-8/h6-7H,4-5,8H2,1-3H3/t6?,7-/m0/s1. The molecule has 0 rings (SSSR count). The second kappa shape index (κ2) is 4.77. The molecule has 1 unspecified atom stereocenters. The molecule has 0 bridgehead atoms. The first-order valence-corrected chi connectivity index (χ1v) is 3.54. The zero-order chi connectivity index (χ0) is 7.28. The first kappa shape index (κ1) is 8.92. The van der Waals surface area contributed by atoms with Crippen LogP contribution in [0, 0.1) is 5.92 Å². The summed E-state index contributed by atoms with van der Waals surface area (Å²) in [6, 6.07) is 0. The van der Waals surface area contributed by atoms with Crippen molar-refractivity contribution in [2.24, 2.45) is 11.7 Å². The predicted octanol–water partition coefficient (Wildman–Crippen LogP) is 1.01. The van der Waals surface area contributed by atoms with Crippen LogP contribution >= 0.6 is 0 Å². The van der Waals surface area contributed by atoms with E-state index in [1.807, 2.05) is 6.92 Å². The van der Waals surface area contributed by atoms with Crippen molar-refractivity contribution in [1.29, 1.82) is 0 Å². The third-order valence-corrected chi connectivity index (χ3v) is 1.60. The van der Waals surface area contributed by atoms with Gasteiger partial charge in [-0.15, -0.1) is 0 Å². The SMILES string of the molecule is CCO[C@@H](C)C(C)CN. The highest BCUT2D eigenvalue weighted by Crippen LogP contribution is 2.03. The fourth-order valence-electron chi connectivity index (χ4n) is 0.619. The molecule has 0 spiro atoms. The topological polar surface area (TPSA) is 35.2 Å². The number of nitrogens with two attached hydrogens (primary N) is 1. The van der Waals surface area contributed by atoms with Crippen LogP contribution in [0.3, 0.4) is 0 Å². The van der Waals surface area contributed by atoms with E-state index < -0.39 is 0 Å². The summed E-state index contributed by atoms with van der Waals surface area (Å²) in [5.74, 6) is 0.477. The second-order valence-electron chi connectivity index (χ2n) is 2.37. The van der Waals surface area contributed by atoms with Crippen LogP contribution < -0.4 is 5.73 Å². The van der Waals surface area contributed by atoms with Crippen molar-refractivity contribution >= 4 is 0 Å². The van der Waals surface area contributed by atoms with E-state index in [2.05, 4.69) is 13.8 Å². The zero-order valence-corrected chi connectivity index (χ0v) is 6.55. The minimum absolute atomic E-state index is 0.306. The van der Waals surface area contributed by atoms with Crippen molar-refractivity contribution in [3.05, 3.63) is 0 Å². The Kier molecular flexibility index (Phi) is 4.72. The lowest BCUT2D eigenvalue weighted by Gasteiger charge is -2.17. The van der Waals surface area contributed by atoms with Gasteiger partial charge in [0.1, 0.15) is 0 Å². The third-order valence-electron chi connectivity index (χ3n) is 1.60. The van der Waals surface area contributed by atoms with E-state index in [0.29, 0.717) is 18.6 Å². The summed E-state index contributed by atoms with van der Waals surface area (Å²) in [6.07, 6.45) is 0.306. The molecule has 0 amide bonds. The molecule has 0 aromatic carbocycles. The average molecular weight is 131 g/mol. The van der Waals surface area contributed by atoms with E-state index in [-0.39, 0.29) is 0 Å². The molecular formula is C7H17NO. The summed E-state index contributed by atoms with van der Waals surface area (Å²) in [6.45, 7) is 7.65. The van der Waals surface area contributed by atoms with Crippen LogP contribution in [0.15, 0.2) is 0 Å². The van der Waals surface area contributed by atoms with Crippen molar-refractivity contribution in [3.8, 4) is 0 Å². The van der Waals surface area contributed by atoms with Gasteiger partial charge in [0.25, 0.3) is 0 Å². The summed E-state index contributed by atoms with van der Waals surface area (Å²) in [5, 5.41) is 0. The van der Waals surface area contributed by atoms with E-state index in [0.717, 1.165) is 6.61 Å². The Labute approximate surface area is 57.4 Å². The minimum Gasteiger partial charge on any atom is -0.378 e. The lowest BCUT2D eigenvalue weighted by Crippen LogP contribution is -2.25. The maximum atomic E-state index is 5.42. The lowest BCUT2D eigenvalue weighted by molar-refractivity contribution is 0.0414. The van der Waals surface area contributed by atoms with Gasteiger partial charge in [0.05, 0.1) is 6.10 Å². The second-order valence-corrected chi connectivity index (χ2v) is 2.37. The summed E-state index contributed by atoms with van der Waals surface area (Å²) in [7, 11) is 0. The Morgan fingerprint density at radius 3 is 2.33 bits per heavy atom. The first-order chi connectivity index (χ1) is 4.22. The largest absolute Gasteiger partial charge is 0.378 e. The summed E-state index contributed by atoms with van der Waals surface area (Å²) < 4.78 is 5.31. The van der Waals surface area contributed by atoms with Gasteiger partial charge < -0.3 is 10.5 Å². The van der Waals surface area contributed by atoms with Gasteiger partial charge in [-0.1, -0.05) is 6.92 Å². The van der Waals surface area contributed by atoms with E-state index in [1.54, 1.807) is 0 Å². The van der Waals surface area contributed by atoms with Gasteiger partial charge in [0.2, 0.25) is 0 Å². The quantitative estimate of drug-likeness (QED) is 0.618. The minimum atomic E-state index is 0.306. The molecule has 2 N–H and O–H groups in total. The third kappa shape index (κ3) is 3.49. The Morgan fingerprint density at radius 1 is 1.44 bits per heavy atom. The van der Waals surface area contributed by atoms with Crippen LogP contribution in [0.4, 0.5) is 0 Å². The van der Waals surface area contributed by atoms with Gasteiger partial charge in [-0.05, 0) is 26.3 Å². The van der Waals surface area contributed by atoms with E-state index in [1.165, 1.54) is 0 Å². The molecule has 0 aromatic heterocycles. The molecule has 0 saturated heterocycles. The molecule has 0 heterocycles. The average Bonchev–Trinajstić information content (AvgIpc) is 1.87. The fourth-order valence-corrected chi connectivity index (χ4v) is 0.619. The Morgan fingerprint density at radius 2 is 2.00 bits per heavy atom.